The summed E-state index contributed by atoms with van der Waals surface area (Å²) in [5, 5.41) is 24.3. The van der Waals surface area contributed by atoms with Crippen molar-refractivity contribution in [3.05, 3.63) is 11.3 Å². The molecule has 3 aliphatic heterocycles. The zero-order valence-corrected chi connectivity index (χ0v) is 16.3. The molecule has 5 atom stereocenters. The quantitative estimate of drug-likeness (QED) is 0.354. The number of carboxylic acid groups (broad SMARTS) is 1. The van der Waals surface area contributed by atoms with E-state index in [1.54, 1.807) is 4.72 Å². The lowest BCUT2D eigenvalue weighted by molar-refractivity contribution is -0.163. The van der Waals surface area contributed by atoms with E-state index in [1.165, 1.54) is 11.8 Å². The molecule has 0 bridgehead atoms. The molecule has 2 fully saturated rings. The van der Waals surface area contributed by atoms with Gasteiger partial charge in [0.1, 0.15) is 5.70 Å². The summed E-state index contributed by atoms with van der Waals surface area (Å²) in [6.45, 7) is 4.31. The second-order valence-corrected chi connectivity index (χ2v) is 8.96. The minimum absolute atomic E-state index is 0.0585. The fourth-order valence-corrected chi connectivity index (χ4v) is 4.96. The van der Waals surface area contributed by atoms with Crippen molar-refractivity contribution in [3.63, 3.8) is 0 Å². The number of hydrogen-bond donors (Lipinski definition) is 4. The van der Waals surface area contributed by atoms with E-state index in [1.807, 2.05) is 11.8 Å². The van der Waals surface area contributed by atoms with Crippen LogP contribution in [0.15, 0.2) is 11.3 Å². The number of β-lactam (4-membered cyclic amide) rings is 1. The van der Waals surface area contributed by atoms with Gasteiger partial charge < -0.3 is 15.1 Å². The van der Waals surface area contributed by atoms with E-state index in [-0.39, 0.29) is 24.7 Å². The van der Waals surface area contributed by atoms with E-state index >= 15 is 0 Å². The topological polar surface area (TPSA) is 170 Å². The smallest absolute Gasteiger partial charge is 0.352 e. The van der Waals surface area contributed by atoms with Crippen molar-refractivity contribution in [1.29, 1.82) is 0 Å². The standard InChI is InChI=1S/C16H24N4O7S/c1-7-10(6-19-4-3-9(5-19)14(22)18-28(17,26)27)13(16(24)25)20-12(7)11(8(2)21)15(20)23/h7-9,11-12,21H,3-6H2,1-2H3,(H,18,22)(H,24,25)(H2,17,26,27)/t7-,8?,9?,11?,12?/m0/s1. The number of nitrogens with one attached hydrogen (secondary N) is 1. The summed E-state index contributed by atoms with van der Waals surface area (Å²) >= 11 is 0. The predicted molar refractivity (Wildman–Crippen MR) is 95.4 cm³/mol. The van der Waals surface area contributed by atoms with Crippen LogP contribution in [0.5, 0.6) is 0 Å². The number of hydrogen-bond acceptors (Lipinski definition) is 7. The van der Waals surface area contributed by atoms with Crippen LogP contribution < -0.4 is 9.86 Å². The fraction of sp³-hybridized carbons (Fsp3) is 0.688. The van der Waals surface area contributed by atoms with Crippen LogP contribution in [0, 0.1) is 17.8 Å². The number of carbonyl (C=O) groups excluding carboxylic acids is 2. The maximum Gasteiger partial charge on any atom is 0.352 e. The Labute approximate surface area is 162 Å². The first-order valence-electron chi connectivity index (χ1n) is 8.96. The normalized spacial score (nSPS) is 31.6. The Bertz CT molecular complexity index is 853. The van der Waals surface area contributed by atoms with Gasteiger partial charge in [0, 0.05) is 19.0 Å². The first-order valence-corrected chi connectivity index (χ1v) is 10.5. The van der Waals surface area contributed by atoms with Crippen LogP contribution in [-0.4, -0.2) is 78.0 Å². The Morgan fingerprint density at radius 2 is 2.04 bits per heavy atom. The average Bonchev–Trinajstić information content (AvgIpc) is 3.09. The number of nitrogens with two attached hydrogens (primary N) is 1. The maximum absolute atomic E-state index is 12.3. The van der Waals surface area contributed by atoms with Gasteiger partial charge in [-0.05, 0) is 25.5 Å². The average molecular weight is 416 g/mol. The molecule has 11 nitrogen and oxygen atoms in total. The molecule has 0 radical (unpaired) electrons. The number of aliphatic hydroxyl groups is 1. The van der Waals surface area contributed by atoms with Crippen LogP contribution >= 0.6 is 0 Å². The molecule has 2 amide bonds. The number of carboxylic acids is 1. The Kier molecular flexibility index (Phi) is 5.25. The molecule has 0 saturated carbocycles. The van der Waals surface area contributed by atoms with Crippen molar-refractivity contribution < 1.29 is 33.0 Å². The van der Waals surface area contributed by atoms with Gasteiger partial charge >= 0.3 is 5.97 Å². The molecule has 0 aliphatic carbocycles. The Balaban J connectivity index is 1.74. The first-order chi connectivity index (χ1) is 12.9. The molecule has 0 aromatic rings. The van der Waals surface area contributed by atoms with E-state index in [0.717, 1.165) is 0 Å². The largest absolute Gasteiger partial charge is 0.477 e. The maximum atomic E-state index is 12.3. The van der Waals surface area contributed by atoms with Crippen molar-refractivity contribution in [3.8, 4) is 0 Å². The number of likely N-dealkylation sites (tertiary alicyclic amines) is 1. The van der Waals surface area contributed by atoms with Gasteiger partial charge in [-0.25, -0.2) is 14.7 Å². The highest BCUT2D eigenvalue weighted by molar-refractivity contribution is 7.87. The van der Waals surface area contributed by atoms with E-state index in [2.05, 4.69) is 0 Å². The molecular weight excluding hydrogens is 392 g/mol. The van der Waals surface area contributed by atoms with Gasteiger partial charge in [0.2, 0.25) is 11.8 Å². The van der Waals surface area contributed by atoms with Crippen LogP contribution in [0.1, 0.15) is 20.3 Å². The summed E-state index contributed by atoms with van der Waals surface area (Å²) in [7, 11) is -4.13. The summed E-state index contributed by atoms with van der Waals surface area (Å²) in [5.41, 5.74) is 0.512. The van der Waals surface area contributed by atoms with Gasteiger partial charge in [-0.2, -0.15) is 8.42 Å². The van der Waals surface area contributed by atoms with Crippen LogP contribution in [0.3, 0.4) is 0 Å². The summed E-state index contributed by atoms with van der Waals surface area (Å²) in [6.07, 6.45) is -0.461. The molecule has 156 valence electrons. The van der Waals surface area contributed by atoms with Crippen LogP contribution in [-0.2, 0) is 24.6 Å². The van der Waals surface area contributed by atoms with Gasteiger partial charge in [0.25, 0.3) is 10.2 Å². The summed E-state index contributed by atoms with van der Waals surface area (Å²) < 4.78 is 23.8. The fourth-order valence-electron chi connectivity index (χ4n) is 4.51. The molecule has 0 spiro atoms. The number of rotatable bonds is 6. The minimum atomic E-state index is -4.13. The number of amides is 2. The van der Waals surface area contributed by atoms with Gasteiger partial charge in [0.05, 0.1) is 24.0 Å². The Morgan fingerprint density at radius 3 is 2.57 bits per heavy atom. The van der Waals surface area contributed by atoms with Gasteiger partial charge in [-0.15, -0.1) is 0 Å². The third kappa shape index (κ3) is 3.52. The summed E-state index contributed by atoms with van der Waals surface area (Å²) in [6, 6.07) is -0.391. The third-order valence-electron chi connectivity index (χ3n) is 5.80. The monoisotopic (exact) mass is 416 g/mol. The molecule has 3 heterocycles. The molecule has 0 aromatic carbocycles. The molecular formula is C16H24N4O7S. The summed E-state index contributed by atoms with van der Waals surface area (Å²) in [5.74, 6) is -3.75. The molecule has 0 aromatic heterocycles. The molecule has 12 heteroatoms. The van der Waals surface area contributed by atoms with Crippen molar-refractivity contribution in [1.82, 2.24) is 14.5 Å². The highest BCUT2D eigenvalue weighted by atomic mass is 32.2. The van der Waals surface area contributed by atoms with Crippen LogP contribution in [0.4, 0.5) is 0 Å². The number of nitrogens with zero attached hydrogens (tertiary/aromatic N) is 2. The highest BCUT2D eigenvalue weighted by Gasteiger charge is 2.59. The van der Waals surface area contributed by atoms with Crippen LogP contribution in [0.25, 0.3) is 0 Å². The summed E-state index contributed by atoms with van der Waals surface area (Å²) in [4.78, 5) is 39.2. The lowest BCUT2D eigenvalue weighted by Gasteiger charge is -2.46. The zero-order valence-electron chi connectivity index (χ0n) is 15.5. The molecule has 3 rings (SSSR count). The Morgan fingerprint density at radius 1 is 1.39 bits per heavy atom. The lowest BCUT2D eigenvalue weighted by atomic mass is 9.77. The predicted octanol–water partition coefficient (Wildman–Crippen LogP) is -2.18. The van der Waals surface area contributed by atoms with Crippen molar-refractivity contribution >= 4 is 28.0 Å². The van der Waals surface area contributed by atoms with Crippen molar-refractivity contribution in [2.45, 2.75) is 32.4 Å². The van der Waals surface area contributed by atoms with Crippen LogP contribution in [0.2, 0.25) is 0 Å². The molecule has 5 N–H and O–H groups in total. The second kappa shape index (κ2) is 7.10. The Hall–Kier alpha value is -2.02. The lowest BCUT2D eigenvalue weighted by Crippen LogP contribution is -2.63. The van der Waals surface area contributed by atoms with E-state index < -0.39 is 52.0 Å². The number of aliphatic carboxylic acids is 1. The second-order valence-electron chi connectivity index (χ2n) is 7.66. The van der Waals surface area contributed by atoms with E-state index in [4.69, 9.17) is 5.14 Å². The molecule has 4 unspecified atom stereocenters. The first kappa shape index (κ1) is 20.7. The van der Waals surface area contributed by atoms with Gasteiger partial charge in [-0.1, -0.05) is 6.92 Å². The van der Waals surface area contributed by atoms with Gasteiger partial charge in [0.15, 0.2) is 0 Å². The third-order valence-corrected chi connectivity index (χ3v) is 6.28. The SMILES string of the molecule is CC(O)C1C(=O)N2C(C(=O)O)=C(CN3CCC(C(=O)NS(N)(=O)=O)C3)[C@H](C)C12. The highest BCUT2D eigenvalue weighted by Crippen LogP contribution is 2.47. The number of aliphatic hydroxyl groups excluding tert-OH is 1. The zero-order chi connectivity index (χ0) is 21.0. The minimum Gasteiger partial charge on any atom is -0.477 e. The number of carbonyl (C=O) groups is 3. The number of fused-ring (bicyclic) bond motifs is 1. The molecule has 2 saturated heterocycles. The molecule has 28 heavy (non-hydrogen) atoms. The van der Waals surface area contributed by atoms with E-state index in [0.29, 0.717) is 18.5 Å². The van der Waals surface area contributed by atoms with E-state index in [9.17, 15) is 33.0 Å². The van der Waals surface area contributed by atoms with Gasteiger partial charge in [-0.3, -0.25) is 14.5 Å². The molecule has 3 aliphatic rings. The van der Waals surface area contributed by atoms with Crippen molar-refractivity contribution in [2.75, 3.05) is 19.6 Å². The van der Waals surface area contributed by atoms with Crippen molar-refractivity contribution in [2.24, 2.45) is 22.9 Å².